The van der Waals surface area contributed by atoms with Crippen LogP contribution in [0.4, 0.5) is 0 Å². The zero-order valence-electron chi connectivity index (χ0n) is 3.02. The van der Waals surface area contributed by atoms with Crippen LogP contribution in [0.2, 0.25) is 13.1 Å². The molecule has 6 heavy (non-hydrogen) atoms. The summed E-state index contributed by atoms with van der Waals surface area (Å²) in [5.41, 5.74) is 0. The first kappa shape index (κ1) is 16.2. The Balaban J connectivity index is -0.0000000450. The van der Waals surface area contributed by atoms with Gasteiger partial charge in [0.2, 0.25) is 0 Å². The number of hydrogen-bond donors (Lipinski definition) is 1. The molecule has 0 aliphatic heterocycles. The van der Waals surface area contributed by atoms with Crippen LogP contribution in [0.15, 0.2) is 0 Å². The molecule has 0 fully saturated rings. The molecule has 0 aromatic rings. The molecule has 1 N–H and O–H groups in total. The average Bonchev–Trinajstić information content (AvgIpc) is 0.811. The Morgan fingerprint density at radius 2 is 1.17 bits per heavy atom. The first-order chi connectivity index (χ1) is 1.73. The van der Waals surface area contributed by atoms with E-state index in [9.17, 15) is 0 Å². The van der Waals surface area contributed by atoms with E-state index in [0.29, 0.717) is 0 Å². The fraction of sp³-hybridized carbons (Fsp3) is 1.00. The van der Waals surface area contributed by atoms with Crippen molar-refractivity contribution in [3.05, 3.63) is 0 Å². The van der Waals surface area contributed by atoms with Gasteiger partial charge in [0.1, 0.15) is 0 Å². The normalized spacial score (nSPS) is 6.00. The molecule has 0 bridgehead atoms. The van der Waals surface area contributed by atoms with Crippen molar-refractivity contribution in [2.45, 2.75) is 13.1 Å². The molecule has 0 spiro atoms. The first-order valence-electron chi connectivity index (χ1n) is 1.41. The van der Waals surface area contributed by atoms with E-state index >= 15 is 0 Å². The van der Waals surface area contributed by atoms with E-state index in [4.69, 9.17) is 4.80 Å². The summed E-state index contributed by atoms with van der Waals surface area (Å²) in [5.74, 6) is 0. The maximum atomic E-state index is 8.19. The molecule has 0 unspecified atom stereocenters. The summed E-state index contributed by atoms with van der Waals surface area (Å²) in [6.45, 7) is 3.72. The summed E-state index contributed by atoms with van der Waals surface area (Å²) in [6, 6.07) is 0. The van der Waals surface area contributed by atoms with Gasteiger partial charge >= 0.3 is 103 Å². The van der Waals surface area contributed by atoms with E-state index in [1.54, 1.807) is 0 Å². The summed E-state index contributed by atoms with van der Waals surface area (Å²) in [6.07, 6.45) is 0. The van der Waals surface area contributed by atoms with Gasteiger partial charge in [0, 0.05) is 0 Å². The second-order valence-corrected chi connectivity index (χ2v) is 3.28. The fourth-order valence-electron chi connectivity index (χ4n) is 0. The van der Waals surface area contributed by atoms with E-state index < -0.39 is 9.04 Å². The molecule has 1 nitrogen and oxygen atoms in total. The van der Waals surface area contributed by atoms with Crippen LogP contribution in [0.5, 0.6) is 0 Å². The van der Waals surface area contributed by atoms with Crippen molar-refractivity contribution in [3.63, 3.8) is 0 Å². The molecule has 0 saturated heterocycles. The van der Waals surface area contributed by atoms with Gasteiger partial charge in [0.25, 0.3) is 0 Å². The Kier molecular flexibility index (Phi) is 30.5. The Hall–Kier alpha value is 3.45. The summed E-state index contributed by atoms with van der Waals surface area (Å²) < 4.78 is 0. The molecular formula is C2H10K2OSi. The topological polar surface area (TPSA) is 20.2 Å². The van der Waals surface area contributed by atoms with Crippen LogP contribution in [-0.4, -0.2) is 117 Å². The van der Waals surface area contributed by atoms with Crippen LogP contribution in [-0.2, 0) is 0 Å². The second-order valence-electron chi connectivity index (χ2n) is 1.09. The van der Waals surface area contributed by atoms with Gasteiger partial charge < -0.3 is 4.80 Å². The van der Waals surface area contributed by atoms with Gasteiger partial charge in [0.05, 0.1) is 0 Å². The summed E-state index contributed by atoms with van der Waals surface area (Å²) in [5, 5.41) is 0. The summed E-state index contributed by atoms with van der Waals surface area (Å²) in [7, 11) is -1.14. The van der Waals surface area contributed by atoms with Gasteiger partial charge in [-0.05, 0) is 13.1 Å². The standard InChI is InChI=1S/C2H8OSi.2K.2H/c1-4(2)3;;;;/h3-4H,1-2H3;;;;. The van der Waals surface area contributed by atoms with Gasteiger partial charge in [0.15, 0.2) is 9.04 Å². The van der Waals surface area contributed by atoms with Crippen LogP contribution < -0.4 is 0 Å². The third-order valence-corrected chi connectivity index (χ3v) is 0. The molecule has 0 heterocycles. The maximum absolute atomic E-state index is 8.19. The van der Waals surface area contributed by atoms with Crippen LogP contribution >= 0.6 is 0 Å². The molecule has 0 aromatic carbocycles. The van der Waals surface area contributed by atoms with Crippen molar-refractivity contribution in [1.82, 2.24) is 0 Å². The fourth-order valence-corrected chi connectivity index (χ4v) is 0. The van der Waals surface area contributed by atoms with Crippen LogP contribution in [0.25, 0.3) is 0 Å². The molecule has 0 radical (unpaired) electrons. The monoisotopic (exact) mass is 156 g/mol. The van der Waals surface area contributed by atoms with Gasteiger partial charge in [-0.15, -0.1) is 0 Å². The van der Waals surface area contributed by atoms with Gasteiger partial charge in [-0.1, -0.05) is 0 Å². The van der Waals surface area contributed by atoms with Crippen molar-refractivity contribution >= 4 is 112 Å². The molecule has 0 saturated carbocycles. The van der Waals surface area contributed by atoms with Crippen molar-refractivity contribution in [2.24, 2.45) is 0 Å². The Labute approximate surface area is 126 Å². The molecule has 0 atom stereocenters. The van der Waals surface area contributed by atoms with Gasteiger partial charge in [-0.3, -0.25) is 0 Å². The van der Waals surface area contributed by atoms with Gasteiger partial charge in [-0.25, -0.2) is 0 Å². The van der Waals surface area contributed by atoms with Crippen molar-refractivity contribution in [2.75, 3.05) is 0 Å². The van der Waals surface area contributed by atoms with E-state index in [1.165, 1.54) is 0 Å². The van der Waals surface area contributed by atoms with E-state index in [2.05, 4.69) is 0 Å². The van der Waals surface area contributed by atoms with Crippen LogP contribution in [0.3, 0.4) is 0 Å². The summed E-state index contributed by atoms with van der Waals surface area (Å²) >= 11 is 0. The van der Waals surface area contributed by atoms with Crippen LogP contribution in [0, 0.1) is 0 Å². The molecule has 0 aromatic heterocycles. The van der Waals surface area contributed by atoms with Crippen molar-refractivity contribution < 1.29 is 4.80 Å². The Morgan fingerprint density at radius 1 is 1.17 bits per heavy atom. The Bertz CT molecular complexity index is 16.3. The zero-order valence-corrected chi connectivity index (χ0v) is 4.18. The second kappa shape index (κ2) is 11.3. The zero-order chi connectivity index (χ0) is 3.58. The van der Waals surface area contributed by atoms with E-state index in [0.717, 1.165) is 0 Å². The SMILES string of the molecule is C[SiH](C)O.[KH].[KH]. The predicted molar refractivity (Wildman–Crippen MR) is 35.4 cm³/mol. The third kappa shape index (κ3) is 26.0. The predicted octanol–water partition coefficient (Wildman–Crippen LogP) is -1.33. The number of hydrogen-bond acceptors (Lipinski definition) is 1. The summed E-state index contributed by atoms with van der Waals surface area (Å²) in [4.78, 5) is 8.19. The average molecular weight is 156 g/mol. The molecular weight excluding hydrogens is 146 g/mol. The molecule has 0 rings (SSSR count). The van der Waals surface area contributed by atoms with Gasteiger partial charge in [-0.2, -0.15) is 0 Å². The minimum atomic E-state index is -1.14. The molecule has 4 heteroatoms. The molecule has 0 aliphatic rings. The number of rotatable bonds is 0. The van der Waals surface area contributed by atoms with E-state index in [-0.39, 0.29) is 103 Å². The third-order valence-electron chi connectivity index (χ3n) is 0. The molecule has 0 aliphatic carbocycles. The van der Waals surface area contributed by atoms with Crippen molar-refractivity contribution in [3.8, 4) is 0 Å². The van der Waals surface area contributed by atoms with E-state index in [1.807, 2.05) is 13.1 Å². The first-order valence-corrected chi connectivity index (χ1v) is 4.24. The molecule has 0 amide bonds. The quantitative estimate of drug-likeness (QED) is 0.431. The Morgan fingerprint density at radius 3 is 1.17 bits per heavy atom. The molecule has 30 valence electrons. The van der Waals surface area contributed by atoms with Crippen LogP contribution in [0.1, 0.15) is 0 Å². The van der Waals surface area contributed by atoms with Crippen molar-refractivity contribution in [1.29, 1.82) is 0 Å². The minimum absolute atomic E-state index is 0.